The number of nitrogens with zero attached hydrogens (tertiary/aromatic N) is 5. The number of hydrogen-bond donors (Lipinski definition) is 1. The maximum Gasteiger partial charge on any atom is 0.252 e. The van der Waals surface area contributed by atoms with Gasteiger partial charge in [-0.2, -0.15) is 0 Å². The van der Waals surface area contributed by atoms with E-state index in [1.54, 1.807) is 11.3 Å². The van der Waals surface area contributed by atoms with E-state index in [2.05, 4.69) is 62.0 Å². The fourth-order valence-electron chi connectivity index (χ4n) is 4.95. The van der Waals surface area contributed by atoms with Crippen molar-refractivity contribution in [3.05, 3.63) is 98.2 Å². The van der Waals surface area contributed by atoms with Crippen molar-refractivity contribution in [3.8, 4) is 11.5 Å². The Labute approximate surface area is 223 Å². The number of aromatic nitrogens is 5. The van der Waals surface area contributed by atoms with E-state index in [-0.39, 0.29) is 18.4 Å². The third-order valence-electron chi connectivity index (χ3n) is 6.87. The molecule has 0 radical (unpaired) electrons. The molecule has 0 bridgehead atoms. The summed E-state index contributed by atoms with van der Waals surface area (Å²) in [5, 5.41) is 15.8. The highest BCUT2D eigenvalue weighted by molar-refractivity contribution is 7.09. The first-order valence-corrected chi connectivity index (χ1v) is 13.6. The van der Waals surface area contributed by atoms with Crippen LogP contribution in [0.15, 0.2) is 70.8 Å². The van der Waals surface area contributed by atoms with Crippen molar-refractivity contribution in [2.45, 2.75) is 45.4 Å². The summed E-state index contributed by atoms with van der Waals surface area (Å²) >= 11 is 1.70. The number of hydrogen-bond acceptors (Lipinski definition) is 8. The number of rotatable bonds is 10. The molecule has 1 aliphatic rings. The second-order valence-electron chi connectivity index (χ2n) is 9.32. The van der Waals surface area contributed by atoms with Gasteiger partial charge in [0.1, 0.15) is 0 Å². The van der Waals surface area contributed by atoms with Crippen molar-refractivity contribution in [2.75, 3.05) is 6.79 Å². The Balaban J connectivity index is 1.32. The molecule has 0 amide bonds. The molecule has 0 saturated carbocycles. The second-order valence-corrected chi connectivity index (χ2v) is 10.4. The van der Waals surface area contributed by atoms with Gasteiger partial charge in [-0.1, -0.05) is 43.3 Å². The molecular formula is C28H28N6O3S. The Kier molecular flexibility index (Phi) is 6.89. The molecule has 3 aromatic heterocycles. The minimum absolute atomic E-state index is 0.0743. The van der Waals surface area contributed by atoms with E-state index >= 15 is 0 Å². The molecule has 1 aliphatic heterocycles. The Bertz CT molecular complexity index is 1580. The lowest BCUT2D eigenvalue weighted by molar-refractivity contribution is 0.162. The highest BCUT2D eigenvalue weighted by atomic mass is 32.1. The number of H-pyrrole nitrogens is 1. The van der Waals surface area contributed by atoms with Gasteiger partial charge in [-0.15, -0.1) is 16.4 Å². The Morgan fingerprint density at radius 2 is 1.92 bits per heavy atom. The Morgan fingerprint density at radius 3 is 2.71 bits per heavy atom. The van der Waals surface area contributed by atoms with E-state index in [1.165, 1.54) is 10.4 Å². The zero-order chi connectivity index (χ0) is 25.9. The molecule has 0 saturated heterocycles. The monoisotopic (exact) mass is 528 g/mol. The highest BCUT2D eigenvalue weighted by Gasteiger charge is 2.26. The van der Waals surface area contributed by atoms with Crippen LogP contribution < -0.4 is 15.0 Å². The van der Waals surface area contributed by atoms with E-state index in [0.29, 0.717) is 36.7 Å². The molecular weight excluding hydrogens is 500 g/mol. The molecule has 10 heteroatoms. The fraction of sp³-hybridized carbons (Fsp3) is 0.286. The first-order valence-electron chi connectivity index (χ1n) is 12.7. The SMILES string of the molecule is CC[C@H](c1nnnn1CCc1ccccc1)N(Cc1cccs1)Cc1cc2cc3c(cc2[nH]c1=O)OCO3. The van der Waals surface area contributed by atoms with Crippen LogP contribution in [0.2, 0.25) is 0 Å². The molecule has 1 atom stereocenters. The molecule has 5 aromatic rings. The summed E-state index contributed by atoms with van der Waals surface area (Å²) < 4.78 is 12.9. The van der Waals surface area contributed by atoms with Crippen LogP contribution >= 0.6 is 11.3 Å². The van der Waals surface area contributed by atoms with Crippen molar-refractivity contribution < 1.29 is 9.47 Å². The van der Waals surface area contributed by atoms with E-state index in [4.69, 9.17) is 9.47 Å². The summed E-state index contributed by atoms with van der Waals surface area (Å²) in [5.41, 5.74) is 2.52. The largest absolute Gasteiger partial charge is 0.454 e. The van der Waals surface area contributed by atoms with Crippen LogP contribution in [0.25, 0.3) is 10.9 Å². The molecule has 1 N–H and O–H groups in total. The minimum Gasteiger partial charge on any atom is -0.454 e. The quantitative estimate of drug-likeness (QED) is 0.281. The first kappa shape index (κ1) is 24.3. The molecule has 2 aromatic carbocycles. The number of nitrogens with one attached hydrogen (secondary N) is 1. The second kappa shape index (κ2) is 10.8. The highest BCUT2D eigenvalue weighted by Crippen LogP contribution is 2.35. The first-order chi connectivity index (χ1) is 18.7. The van der Waals surface area contributed by atoms with E-state index in [9.17, 15) is 4.79 Å². The summed E-state index contributed by atoms with van der Waals surface area (Å²) in [4.78, 5) is 19.7. The zero-order valence-corrected chi connectivity index (χ0v) is 21.9. The Hall–Kier alpha value is -4.02. The topological polar surface area (TPSA) is 98.2 Å². The van der Waals surface area contributed by atoms with Crippen LogP contribution in [0, 0.1) is 0 Å². The minimum atomic E-state index is -0.119. The summed E-state index contributed by atoms with van der Waals surface area (Å²) in [6.45, 7) is 4.13. The van der Waals surface area contributed by atoms with Crippen LogP contribution in [0.5, 0.6) is 11.5 Å². The third kappa shape index (κ3) is 5.05. The maximum absolute atomic E-state index is 13.2. The van der Waals surface area contributed by atoms with Gasteiger partial charge in [-0.25, -0.2) is 4.68 Å². The van der Waals surface area contributed by atoms with Crippen LogP contribution in [-0.4, -0.2) is 36.9 Å². The number of fused-ring (bicyclic) bond motifs is 2. The average Bonchev–Trinajstić information content (AvgIpc) is 3.70. The molecule has 0 unspecified atom stereocenters. The lowest BCUT2D eigenvalue weighted by atomic mass is 10.1. The predicted octanol–water partition coefficient (Wildman–Crippen LogP) is 4.70. The van der Waals surface area contributed by atoms with Gasteiger partial charge in [0.2, 0.25) is 6.79 Å². The van der Waals surface area contributed by atoms with Gasteiger partial charge in [0, 0.05) is 41.5 Å². The average molecular weight is 529 g/mol. The summed E-state index contributed by atoms with van der Waals surface area (Å²) in [6, 6.07) is 20.1. The number of thiophene rings is 1. The van der Waals surface area contributed by atoms with Gasteiger partial charge in [0.05, 0.1) is 11.6 Å². The van der Waals surface area contributed by atoms with Crippen molar-refractivity contribution in [1.82, 2.24) is 30.1 Å². The number of aryl methyl sites for hydroxylation is 2. The number of benzene rings is 2. The maximum atomic E-state index is 13.2. The molecule has 4 heterocycles. The molecule has 38 heavy (non-hydrogen) atoms. The van der Waals surface area contributed by atoms with Gasteiger partial charge in [-0.05, 0) is 52.4 Å². The van der Waals surface area contributed by atoms with Crippen LogP contribution in [0.4, 0.5) is 0 Å². The van der Waals surface area contributed by atoms with Gasteiger partial charge in [0.25, 0.3) is 5.56 Å². The third-order valence-corrected chi connectivity index (χ3v) is 7.73. The normalized spacial score (nSPS) is 13.4. The molecule has 6 rings (SSSR count). The summed E-state index contributed by atoms with van der Waals surface area (Å²) in [7, 11) is 0. The molecule has 194 valence electrons. The van der Waals surface area contributed by atoms with Gasteiger partial charge < -0.3 is 14.5 Å². The smallest absolute Gasteiger partial charge is 0.252 e. The van der Waals surface area contributed by atoms with Gasteiger partial charge >= 0.3 is 0 Å². The number of pyridine rings is 1. The molecule has 0 aliphatic carbocycles. The number of tetrazole rings is 1. The standard InChI is InChI=1S/C28H28N6O3S/c1-2-24(27-30-31-32-34(27)11-10-19-7-4-3-5-8-19)33(17-22-9-6-12-38-22)16-21-13-20-14-25-26(37-18-36-25)15-23(20)29-28(21)35/h3-9,12-15,24H,2,10-11,16-18H2,1H3,(H,29,35)/t24-/m1/s1. The lowest BCUT2D eigenvalue weighted by Crippen LogP contribution is -2.32. The van der Waals surface area contributed by atoms with E-state index in [0.717, 1.165) is 29.6 Å². The Morgan fingerprint density at radius 1 is 1.08 bits per heavy atom. The van der Waals surface area contributed by atoms with Crippen LogP contribution in [0.3, 0.4) is 0 Å². The summed E-state index contributed by atoms with van der Waals surface area (Å²) in [6.07, 6.45) is 1.63. The van der Waals surface area contributed by atoms with Crippen LogP contribution in [-0.2, 0) is 26.1 Å². The number of ether oxygens (including phenoxy) is 2. The van der Waals surface area contributed by atoms with Crippen molar-refractivity contribution in [2.24, 2.45) is 0 Å². The predicted molar refractivity (Wildman–Crippen MR) is 145 cm³/mol. The zero-order valence-electron chi connectivity index (χ0n) is 21.0. The fourth-order valence-corrected chi connectivity index (χ4v) is 5.68. The molecule has 0 fully saturated rings. The van der Waals surface area contributed by atoms with Gasteiger partial charge in [-0.3, -0.25) is 9.69 Å². The van der Waals surface area contributed by atoms with E-state index in [1.807, 2.05) is 41.1 Å². The van der Waals surface area contributed by atoms with E-state index < -0.39 is 0 Å². The molecule has 9 nitrogen and oxygen atoms in total. The van der Waals surface area contributed by atoms with Crippen molar-refractivity contribution in [3.63, 3.8) is 0 Å². The number of aromatic amines is 1. The van der Waals surface area contributed by atoms with Crippen molar-refractivity contribution in [1.29, 1.82) is 0 Å². The lowest BCUT2D eigenvalue weighted by Gasteiger charge is -2.30. The van der Waals surface area contributed by atoms with Gasteiger partial charge in [0.15, 0.2) is 17.3 Å². The van der Waals surface area contributed by atoms with Crippen molar-refractivity contribution >= 4 is 22.2 Å². The van der Waals surface area contributed by atoms with Crippen LogP contribution in [0.1, 0.15) is 41.2 Å². The molecule has 0 spiro atoms. The summed E-state index contributed by atoms with van der Waals surface area (Å²) in [5.74, 6) is 2.14.